The van der Waals surface area contributed by atoms with Gasteiger partial charge in [-0.05, 0) is 26.7 Å². The molecule has 0 spiro atoms. The smallest absolute Gasteiger partial charge is 0.323 e. The van der Waals surface area contributed by atoms with Crippen LogP contribution in [0.1, 0.15) is 124 Å². The molecule has 13 atom stereocenters. The number of unbranched alkanes of at least 4 members (excludes halogenated alkanes) is 11. The molecule has 0 aromatic heterocycles. The summed E-state index contributed by atoms with van der Waals surface area (Å²) >= 11 is 0. The van der Waals surface area contributed by atoms with Crippen LogP contribution < -0.4 is 0 Å². The van der Waals surface area contributed by atoms with Gasteiger partial charge in [-0.3, -0.25) is 9.59 Å². The van der Waals surface area contributed by atoms with E-state index < -0.39 is 96.3 Å². The lowest BCUT2D eigenvalue weighted by Crippen LogP contribution is -2.78. The number of ketones is 1. The first-order valence-electron chi connectivity index (χ1n) is 17.7. The quantitative estimate of drug-likeness (QED) is 0.0617. The molecule has 2 heterocycles. The maximum absolute atomic E-state index is 14.6. The number of aliphatic hydroxyl groups excluding tert-OH is 7. The summed E-state index contributed by atoms with van der Waals surface area (Å²) in [5, 5.41) is 100. The predicted octanol–water partition coefficient (Wildman–Crippen LogP) is 1.35. The fraction of sp³-hybridized carbons (Fsp3) is 0.941. The first-order chi connectivity index (χ1) is 22.1. The van der Waals surface area contributed by atoms with E-state index in [1.165, 1.54) is 13.8 Å². The highest BCUT2D eigenvalue weighted by molar-refractivity contribution is 6.07. The lowest BCUT2D eigenvalue weighted by atomic mass is 9.56. The van der Waals surface area contributed by atoms with E-state index in [9.17, 15) is 55.5 Å². The van der Waals surface area contributed by atoms with E-state index in [1.54, 1.807) is 0 Å². The normalized spacial score (nSPS) is 34.7. The number of carboxylic acid groups (broad SMARTS) is 1. The highest BCUT2D eigenvalue weighted by Gasteiger charge is 2.74. The number of carboxylic acids is 1. The van der Waals surface area contributed by atoms with Crippen molar-refractivity contribution in [3.05, 3.63) is 0 Å². The molecular weight excluding hydrogens is 616 g/mol. The van der Waals surface area contributed by atoms with E-state index in [1.807, 2.05) is 0 Å². The molecule has 0 amide bonds. The second kappa shape index (κ2) is 19.2. The second-order valence-corrected chi connectivity index (χ2v) is 13.8. The van der Waals surface area contributed by atoms with Crippen LogP contribution in [0.25, 0.3) is 0 Å². The molecule has 0 aromatic carbocycles. The van der Waals surface area contributed by atoms with Crippen LogP contribution in [-0.2, 0) is 19.1 Å². The number of aliphatic hydroxyl groups is 8. The number of hydrogen-bond donors (Lipinski definition) is 9. The minimum atomic E-state index is -3.28. The van der Waals surface area contributed by atoms with Crippen molar-refractivity contribution in [2.24, 2.45) is 5.41 Å². The minimum absolute atomic E-state index is 0.113. The Morgan fingerprint density at radius 3 is 1.49 bits per heavy atom. The van der Waals surface area contributed by atoms with Gasteiger partial charge in [-0.15, -0.1) is 0 Å². The summed E-state index contributed by atoms with van der Waals surface area (Å²) < 4.78 is 11.6. The monoisotopic (exact) mass is 678 g/mol. The maximum Gasteiger partial charge on any atom is 0.323 e. The molecule has 0 saturated carbocycles. The predicted molar refractivity (Wildman–Crippen MR) is 171 cm³/mol. The van der Waals surface area contributed by atoms with Gasteiger partial charge >= 0.3 is 5.97 Å². The Bertz CT molecular complexity index is 951. The SMILES string of the molecule is CCCCCCCCCC(O)(C1O[C@@H](C)[C@H](O)[C@@H](O)[C@H]1O)C(C(=O)O)(C(=O)C(O)CCCCCCCC)C1O[C@@H](C)[C@H](O)[C@@H](O)[C@H]1O. The van der Waals surface area contributed by atoms with Crippen molar-refractivity contribution in [3.63, 3.8) is 0 Å². The van der Waals surface area contributed by atoms with Gasteiger partial charge in [-0.2, -0.15) is 0 Å². The first-order valence-corrected chi connectivity index (χ1v) is 17.7. The Labute approximate surface area is 278 Å². The molecule has 2 aliphatic heterocycles. The summed E-state index contributed by atoms with van der Waals surface area (Å²) in [7, 11) is 0. The van der Waals surface area contributed by atoms with Gasteiger partial charge in [0, 0.05) is 0 Å². The Morgan fingerprint density at radius 1 is 0.617 bits per heavy atom. The Balaban J connectivity index is 2.70. The summed E-state index contributed by atoms with van der Waals surface area (Å²) in [6.07, 6.45) is -11.1. The minimum Gasteiger partial charge on any atom is -0.480 e. The van der Waals surface area contributed by atoms with Crippen LogP contribution in [0.3, 0.4) is 0 Å². The molecule has 0 aromatic rings. The fourth-order valence-corrected chi connectivity index (χ4v) is 7.29. The van der Waals surface area contributed by atoms with Gasteiger partial charge < -0.3 is 55.4 Å². The van der Waals surface area contributed by atoms with Crippen LogP contribution in [0.2, 0.25) is 0 Å². The van der Waals surface area contributed by atoms with E-state index in [0.29, 0.717) is 25.7 Å². The molecule has 2 saturated heterocycles. The van der Waals surface area contributed by atoms with Crippen LogP contribution in [0.15, 0.2) is 0 Å². The molecule has 0 radical (unpaired) electrons. The Morgan fingerprint density at radius 2 is 1.02 bits per heavy atom. The van der Waals surface area contributed by atoms with Crippen molar-refractivity contribution in [1.29, 1.82) is 0 Å². The number of Topliss-reactive ketones (excluding diaryl/α,β-unsaturated/α-hetero) is 1. The third kappa shape index (κ3) is 9.30. The number of aliphatic carboxylic acids is 1. The summed E-state index contributed by atoms with van der Waals surface area (Å²) in [6.45, 7) is 6.77. The van der Waals surface area contributed by atoms with Crippen molar-refractivity contribution < 1.29 is 65.0 Å². The van der Waals surface area contributed by atoms with E-state index in [-0.39, 0.29) is 12.8 Å². The number of carbonyl (C=O) groups is 2. The Hall–Kier alpha value is -1.26. The highest BCUT2D eigenvalue weighted by Crippen LogP contribution is 2.51. The number of ether oxygens (including phenoxy) is 2. The third-order valence-electron chi connectivity index (χ3n) is 10.3. The highest BCUT2D eigenvalue weighted by atomic mass is 16.6. The molecule has 0 bridgehead atoms. The average Bonchev–Trinajstić information content (AvgIpc) is 3.04. The summed E-state index contributed by atoms with van der Waals surface area (Å²) in [5.74, 6) is -3.44. The Kier molecular flexibility index (Phi) is 17.1. The molecule has 2 fully saturated rings. The van der Waals surface area contributed by atoms with Gasteiger partial charge in [0.2, 0.25) is 0 Å². The molecule has 2 aliphatic rings. The molecule has 13 heteroatoms. The van der Waals surface area contributed by atoms with E-state index >= 15 is 0 Å². The number of rotatable bonds is 21. The van der Waals surface area contributed by atoms with E-state index in [4.69, 9.17) is 9.47 Å². The summed E-state index contributed by atoms with van der Waals surface area (Å²) in [6, 6.07) is 0. The summed E-state index contributed by atoms with van der Waals surface area (Å²) in [5.41, 5.74) is -6.25. The topological polar surface area (TPSA) is 235 Å². The number of carbonyl (C=O) groups excluding carboxylic acids is 1. The van der Waals surface area contributed by atoms with E-state index in [0.717, 1.165) is 51.4 Å². The van der Waals surface area contributed by atoms with Crippen molar-refractivity contribution in [1.82, 2.24) is 0 Å². The van der Waals surface area contributed by atoms with Crippen molar-refractivity contribution >= 4 is 11.8 Å². The maximum atomic E-state index is 14.6. The molecule has 13 nitrogen and oxygen atoms in total. The molecule has 9 N–H and O–H groups in total. The van der Waals surface area contributed by atoms with Gasteiger partial charge in [0.05, 0.1) is 12.2 Å². The lowest BCUT2D eigenvalue weighted by molar-refractivity contribution is -0.312. The largest absolute Gasteiger partial charge is 0.480 e. The molecule has 2 rings (SSSR count). The van der Waals surface area contributed by atoms with Crippen LogP contribution in [0, 0.1) is 5.41 Å². The van der Waals surface area contributed by atoms with Crippen LogP contribution in [0.4, 0.5) is 0 Å². The third-order valence-corrected chi connectivity index (χ3v) is 10.3. The molecule has 276 valence electrons. The standard InChI is InChI=1S/C34H62O13/c1-5-7-9-11-13-15-17-19-33(45,30-27(40)25(38)23(36)20(3)46-30)34(32(43)44,31-28(41)26(39)24(37)21(4)47-31)29(42)22(35)18-16-14-12-10-8-6-2/h20-28,30-31,35-41,45H,5-19H2,1-4H3,(H,43,44)/t20-,21-,22?,23-,24-,25+,26+,27+,28+,30?,31?,33?,34?/m0/s1. The van der Waals surface area contributed by atoms with Gasteiger partial charge in [-0.25, -0.2) is 0 Å². The van der Waals surface area contributed by atoms with Crippen LogP contribution in [0.5, 0.6) is 0 Å². The second-order valence-electron chi connectivity index (χ2n) is 13.8. The molecule has 5 unspecified atom stereocenters. The first kappa shape index (κ1) is 41.9. The van der Waals surface area contributed by atoms with Crippen molar-refractivity contribution in [2.45, 2.75) is 197 Å². The lowest BCUT2D eigenvalue weighted by Gasteiger charge is -2.56. The zero-order valence-corrected chi connectivity index (χ0v) is 28.6. The average molecular weight is 679 g/mol. The zero-order valence-electron chi connectivity index (χ0n) is 28.6. The fourth-order valence-electron chi connectivity index (χ4n) is 7.29. The van der Waals surface area contributed by atoms with Gasteiger partial charge in [0.15, 0.2) is 11.2 Å². The van der Waals surface area contributed by atoms with Gasteiger partial charge in [-0.1, -0.05) is 97.3 Å². The van der Waals surface area contributed by atoms with Crippen molar-refractivity contribution in [2.75, 3.05) is 0 Å². The molecule has 47 heavy (non-hydrogen) atoms. The van der Waals surface area contributed by atoms with Gasteiger partial charge in [0.1, 0.15) is 60.5 Å². The molecular formula is C34H62O13. The van der Waals surface area contributed by atoms with Crippen LogP contribution in [-0.4, -0.2) is 130 Å². The summed E-state index contributed by atoms with van der Waals surface area (Å²) in [4.78, 5) is 28.3. The number of hydrogen-bond acceptors (Lipinski definition) is 12. The van der Waals surface area contributed by atoms with Crippen molar-refractivity contribution in [3.8, 4) is 0 Å². The van der Waals surface area contributed by atoms with Gasteiger partial charge in [0.25, 0.3) is 0 Å². The molecule has 0 aliphatic carbocycles. The zero-order chi connectivity index (χ0) is 35.5. The van der Waals surface area contributed by atoms with E-state index in [2.05, 4.69) is 13.8 Å². The van der Waals surface area contributed by atoms with Crippen LogP contribution >= 0.6 is 0 Å².